The lowest BCUT2D eigenvalue weighted by Gasteiger charge is -2.06. The van der Waals surface area contributed by atoms with Crippen LogP contribution in [-0.4, -0.2) is 17.0 Å². The summed E-state index contributed by atoms with van der Waals surface area (Å²) in [6.07, 6.45) is 1.43. The number of halogens is 2. The Bertz CT molecular complexity index is 1030. The van der Waals surface area contributed by atoms with E-state index in [0.717, 1.165) is 14.9 Å². The second kappa shape index (κ2) is 8.52. The number of hydrogen-bond acceptors (Lipinski definition) is 3. The Balaban J connectivity index is 1.84. The summed E-state index contributed by atoms with van der Waals surface area (Å²) < 4.78 is 0.832. The Morgan fingerprint density at radius 3 is 2.41 bits per heavy atom. The van der Waals surface area contributed by atoms with E-state index in [1.165, 1.54) is 17.4 Å². The summed E-state index contributed by atoms with van der Waals surface area (Å²) in [6.45, 7) is 0. The molecule has 0 aliphatic heterocycles. The highest BCUT2D eigenvalue weighted by Crippen LogP contribution is 2.33. The molecule has 3 aromatic rings. The van der Waals surface area contributed by atoms with E-state index >= 15 is 0 Å². The Labute approximate surface area is 173 Å². The molecule has 0 fully saturated rings. The van der Waals surface area contributed by atoms with Crippen molar-refractivity contribution in [3.63, 3.8) is 0 Å². The monoisotopic (exact) mass is 461 g/mol. The molecule has 4 nitrogen and oxygen atoms in total. The highest BCUT2D eigenvalue weighted by Gasteiger charge is 2.14. The van der Waals surface area contributed by atoms with Crippen molar-refractivity contribution in [2.75, 3.05) is 0 Å². The molecular formula is C20H13BrClNO3S. The molecule has 2 N–H and O–H groups in total. The second-order valence-corrected chi connectivity index (χ2v) is 7.94. The maximum atomic E-state index is 12.3. The topological polar surface area (TPSA) is 66.4 Å². The first kappa shape index (κ1) is 19.4. The highest BCUT2D eigenvalue weighted by molar-refractivity contribution is 9.10. The Kier molecular flexibility index (Phi) is 6.11. The maximum absolute atomic E-state index is 12.3. The van der Waals surface area contributed by atoms with Crippen LogP contribution in [0.1, 0.15) is 15.2 Å². The van der Waals surface area contributed by atoms with Gasteiger partial charge in [-0.15, -0.1) is 11.3 Å². The van der Waals surface area contributed by atoms with Gasteiger partial charge in [0.2, 0.25) is 0 Å². The van der Waals surface area contributed by atoms with Gasteiger partial charge in [0.05, 0.1) is 0 Å². The van der Waals surface area contributed by atoms with Crippen LogP contribution in [0.25, 0.3) is 16.5 Å². The van der Waals surface area contributed by atoms with E-state index in [1.807, 2.05) is 24.3 Å². The van der Waals surface area contributed by atoms with E-state index in [1.54, 1.807) is 36.4 Å². The first-order valence-corrected chi connectivity index (χ1v) is 9.79. The van der Waals surface area contributed by atoms with Crippen molar-refractivity contribution in [2.45, 2.75) is 0 Å². The maximum Gasteiger partial charge on any atom is 0.352 e. The number of nitrogens with one attached hydrogen (secondary N) is 1. The summed E-state index contributed by atoms with van der Waals surface area (Å²) in [6, 6.07) is 17.7. The fourth-order valence-electron chi connectivity index (χ4n) is 2.33. The van der Waals surface area contributed by atoms with Gasteiger partial charge in [0, 0.05) is 30.4 Å². The lowest BCUT2D eigenvalue weighted by molar-refractivity contribution is -0.132. The van der Waals surface area contributed by atoms with Crippen molar-refractivity contribution < 1.29 is 14.7 Å². The van der Waals surface area contributed by atoms with Crippen LogP contribution in [0, 0.1) is 0 Å². The van der Waals surface area contributed by atoms with Crippen LogP contribution in [0.2, 0.25) is 5.02 Å². The minimum Gasteiger partial charge on any atom is -0.477 e. The van der Waals surface area contributed by atoms with Gasteiger partial charge in [0.1, 0.15) is 5.70 Å². The summed E-state index contributed by atoms with van der Waals surface area (Å²) in [5.41, 5.74) is 1.04. The summed E-state index contributed by atoms with van der Waals surface area (Å²) in [7, 11) is 0. The predicted octanol–water partition coefficient (Wildman–Crippen LogP) is 5.69. The summed E-state index contributed by atoms with van der Waals surface area (Å²) in [5.74, 6) is -1.70. The van der Waals surface area contributed by atoms with Gasteiger partial charge in [-0.3, -0.25) is 4.79 Å². The van der Waals surface area contributed by atoms with Gasteiger partial charge in [-0.25, -0.2) is 4.79 Å². The molecule has 0 unspecified atom stereocenters. The van der Waals surface area contributed by atoms with Crippen molar-refractivity contribution in [1.82, 2.24) is 5.32 Å². The molecule has 1 amide bonds. The molecule has 136 valence electrons. The smallest absolute Gasteiger partial charge is 0.352 e. The van der Waals surface area contributed by atoms with E-state index in [2.05, 4.69) is 21.2 Å². The van der Waals surface area contributed by atoms with Crippen LogP contribution in [0.15, 0.2) is 70.8 Å². The molecule has 0 aliphatic rings. The van der Waals surface area contributed by atoms with Gasteiger partial charge in [0.15, 0.2) is 0 Å². The Morgan fingerprint density at radius 1 is 1.04 bits per heavy atom. The number of benzene rings is 2. The molecule has 0 radical (unpaired) electrons. The third kappa shape index (κ3) is 4.86. The normalized spacial score (nSPS) is 11.3. The van der Waals surface area contributed by atoms with Crippen LogP contribution in [0.5, 0.6) is 0 Å². The van der Waals surface area contributed by atoms with E-state index in [9.17, 15) is 14.7 Å². The molecule has 3 rings (SSSR count). The van der Waals surface area contributed by atoms with Gasteiger partial charge in [0.25, 0.3) is 5.91 Å². The van der Waals surface area contributed by atoms with Crippen molar-refractivity contribution in [2.24, 2.45) is 0 Å². The van der Waals surface area contributed by atoms with Gasteiger partial charge in [-0.2, -0.15) is 0 Å². The van der Waals surface area contributed by atoms with Crippen molar-refractivity contribution in [3.05, 3.63) is 86.3 Å². The number of hydrogen-bond donors (Lipinski definition) is 2. The van der Waals surface area contributed by atoms with Crippen LogP contribution in [0.4, 0.5) is 0 Å². The Hall–Kier alpha value is -2.41. The summed E-state index contributed by atoms with van der Waals surface area (Å²) in [4.78, 5) is 25.4. The van der Waals surface area contributed by atoms with E-state index in [4.69, 9.17) is 11.6 Å². The zero-order chi connectivity index (χ0) is 19.4. The quantitative estimate of drug-likeness (QED) is 0.479. The number of carboxylic acid groups (broad SMARTS) is 1. The number of rotatable bonds is 5. The van der Waals surface area contributed by atoms with Crippen LogP contribution >= 0.6 is 38.9 Å². The lowest BCUT2D eigenvalue weighted by atomic mass is 10.2. The van der Waals surface area contributed by atoms with Gasteiger partial charge >= 0.3 is 5.97 Å². The third-order valence-electron chi connectivity index (χ3n) is 3.64. The van der Waals surface area contributed by atoms with Crippen LogP contribution < -0.4 is 5.32 Å². The molecule has 2 aromatic carbocycles. The molecule has 0 aliphatic carbocycles. The molecule has 0 saturated heterocycles. The minimum atomic E-state index is -1.21. The van der Waals surface area contributed by atoms with Crippen molar-refractivity contribution in [3.8, 4) is 10.4 Å². The van der Waals surface area contributed by atoms with Crippen LogP contribution in [-0.2, 0) is 4.79 Å². The Morgan fingerprint density at radius 2 is 1.74 bits per heavy atom. The highest BCUT2D eigenvalue weighted by atomic mass is 79.9. The number of amides is 1. The molecule has 1 aromatic heterocycles. The molecule has 0 atom stereocenters. The number of aliphatic carboxylic acids is 1. The summed E-state index contributed by atoms with van der Waals surface area (Å²) >= 11 is 10.9. The standard InChI is InChI=1S/C20H13BrClNO3S/c21-13-7-5-12(6-8-13)19(24)23-17(20(25)26)11-14-9-10-18(27-14)15-3-1-2-4-16(15)22/h1-11H,(H,23,24)(H,25,26)/b17-11+. The van der Waals surface area contributed by atoms with Gasteiger partial charge in [-0.05, 0) is 48.5 Å². The average molecular weight is 463 g/mol. The lowest BCUT2D eigenvalue weighted by Crippen LogP contribution is -2.27. The second-order valence-electron chi connectivity index (χ2n) is 5.51. The number of thiophene rings is 1. The average Bonchev–Trinajstić information content (AvgIpc) is 3.10. The number of carbonyl (C=O) groups excluding carboxylic acids is 1. The van der Waals surface area contributed by atoms with E-state index in [-0.39, 0.29) is 5.70 Å². The van der Waals surface area contributed by atoms with Gasteiger partial charge < -0.3 is 10.4 Å². The fraction of sp³-hybridized carbons (Fsp3) is 0. The zero-order valence-electron chi connectivity index (χ0n) is 13.8. The fourth-order valence-corrected chi connectivity index (χ4v) is 3.87. The van der Waals surface area contributed by atoms with Gasteiger partial charge in [-0.1, -0.05) is 45.7 Å². The molecule has 7 heteroatoms. The summed E-state index contributed by atoms with van der Waals surface area (Å²) in [5, 5.41) is 12.5. The molecule has 27 heavy (non-hydrogen) atoms. The van der Waals surface area contributed by atoms with E-state index in [0.29, 0.717) is 15.5 Å². The molecule has 0 spiro atoms. The van der Waals surface area contributed by atoms with E-state index < -0.39 is 11.9 Å². The molecule has 1 heterocycles. The SMILES string of the molecule is O=C(O)/C(=C\c1ccc(-c2ccccc2Cl)s1)NC(=O)c1ccc(Br)cc1. The first-order chi connectivity index (χ1) is 12.9. The number of carbonyl (C=O) groups is 2. The predicted molar refractivity (Wildman–Crippen MR) is 112 cm³/mol. The molecular weight excluding hydrogens is 450 g/mol. The zero-order valence-corrected chi connectivity index (χ0v) is 16.9. The van der Waals surface area contributed by atoms with Crippen molar-refractivity contribution in [1.29, 1.82) is 0 Å². The minimum absolute atomic E-state index is 0.199. The van der Waals surface area contributed by atoms with Crippen molar-refractivity contribution >= 4 is 56.8 Å². The first-order valence-electron chi connectivity index (χ1n) is 7.80. The molecule has 0 bridgehead atoms. The number of carboxylic acids is 1. The third-order valence-corrected chi connectivity index (χ3v) is 5.56. The molecule has 0 saturated carbocycles. The largest absolute Gasteiger partial charge is 0.477 e. The van der Waals surface area contributed by atoms with Crippen LogP contribution in [0.3, 0.4) is 0 Å².